The van der Waals surface area contributed by atoms with E-state index in [2.05, 4.69) is 22.7 Å². The molecule has 128 valence electrons. The normalized spacial score (nSPS) is 21.6. The Morgan fingerprint density at radius 3 is 2.79 bits per heavy atom. The van der Waals surface area contributed by atoms with Crippen LogP contribution in [-0.2, 0) is 11.8 Å². The molecule has 1 aliphatic heterocycles. The Morgan fingerprint density at radius 2 is 2.17 bits per heavy atom. The fourth-order valence-electron chi connectivity index (χ4n) is 3.33. The molecule has 1 aromatic carbocycles. The number of aromatic nitrogens is 2. The average molecular weight is 347 g/mol. The van der Waals surface area contributed by atoms with Gasteiger partial charge < -0.3 is 10.6 Å². The first-order valence-corrected chi connectivity index (χ1v) is 8.71. The Morgan fingerprint density at radius 1 is 1.42 bits per heavy atom. The number of halogens is 1. The monoisotopic (exact) mass is 346 g/mol. The van der Waals surface area contributed by atoms with E-state index in [1.807, 2.05) is 43.7 Å². The molecule has 5 nitrogen and oxygen atoms in total. The van der Waals surface area contributed by atoms with Crippen LogP contribution in [0.1, 0.15) is 36.4 Å². The lowest BCUT2D eigenvalue weighted by Gasteiger charge is -2.22. The van der Waals surface area contributed by atoms with Crippen LogP contribution in [0, 0.1) is 5.92 Å². The van der Waals surface area contributed by atoms with Gasteiger partial charge in [-0.3, -0.25) is 9.48 Å². The van der Waals surface area contributed by atoms with Crippen LogP contribution in [0.5, 0.6) is 0 Å². The maximum absolute atomic E-state index is 12.8. The van der Waals surface area contributed by atoms with Crippen LogP contribution in [0.25, 0.3) is 0 Å². The highest BCUT2D eigenvalue weighted by molar-refractivity contribution is 6.30. The number of nitrogens with one attached hydrogen (secondary N) is 2. The van der Waals surface area contributed by atoms with E-state index in [0.717, 1.165) is 24.1 Å². The van der Waals surface area contributed by atoms with E-state index in [1.165, 1.54) is 0 Å². The summed E-state index contributed by atoms with van der Waals surface area (Å²) in [6.07, 6.45) is 4.69. The first-order valence-electron chi connectivity index (χ1n) is 8.33. The summed E-state index contributed by atoms with van der Waals surface area (Å²) >= 11 is 5.95. The molecular formula is C18H23ClN4O. The largest absolute Gasteiger partial charge is 0.349 e. The first-order chi connectivity index (χ1) is 11.6. The molecule has 0 bridgehead atoms. The van der Waals surface area contributed by atoms with Crippen LogP contribution < -0.4 is 10.6 Å². The Bertz CT molecular complexity index is 697. The molecule has 3 atom stereocenters. The van der Waals surface area contributed by atoms with Gasteiger partial charge in [0.15, 0.2) is 0 Å². The van der Waals surface area contributed by atoms with Crippen LogP contribution >= 0.6 is 11.6 Å². The zero-order valence-corrected chi connectivity index (χ0v) is 14.8. The van der Waals surface area contributed by atoms with Crippen LogP contribution in [0.3, 0.4) is 0 Å². The lowest BCUT2D eigenvalue weighted by Crippen LogP contribution is -2.36. The maximum Gasteiger partial charge on any atom is 0.225 e. The third kappa shape index (κ3) is 3.62. The number of carbonyl (C=O) groups is 1. The summed E-state index contributed by atoms with van der Waals surface area (Å²) in [5.41, 5.74) is 2.20. The molecule has 1 fully saturated rings. The van der Waals surface area contributed by atoms with Crippen LogP contribution in [0.4, 0.5) is 0 Å². The Balaban J connectivity index is 1.71. The third-order valence-corrected chi connectivity index (χ3v) is 4.95. The number of carbonyl (C=O) groups excluding carboxylic acids is 1. The second-order valence-electron chi connectivity index (χ2n) is 6.34. The fraction of sp³-hybridized carbons (Fsp3) is 0.444. The zero-order valence-electron chi connectivity index (χ0n) is 14.0. The maximum atomic E-state index is 12.8. The van der Waals surface area contributed by atoms with Crippen LogP contribution in [0.2, 0.25) is 5.02 Å². The van der Waals surface area contributed by atoms with Gasteiger partial charge in [-0.25, -0.2) is 0 Å². The molecule has 0 radical (unpaired) electrons. The van der Waals surface area contributed by atoms with Gasteiger partial charge in [-0.1, -0.05) is 30.7 Å². The van der Waals surface area contributed by atoms with E-state index in [1.54, 1.807) is 4.68 Å². The molecule has 0 saturated carbocycles. The van der Waals surface area contributed by atoms with Crippen LogP contribution in [0.15, 0.2) is 36.7 Å². The highest BCUT2D eigenvalue weighted by Crippen LogP contribution is 2.29. The Kier molecular flexibility index (Phi) is 5.21. The summed E-state index contributed by atoms with van der Waals surface area (Å²) in [5, 5.41) is 11.5. The lowest BCUT2D eigenvalue weighted by atomic mass is 9.89. The summed E-state index contributed by atoms with van der Waals surface area (Å²) in [6, 6.07) is 7.68. The minimum atomic E-state index is -0.0736. The lowest BCUT2D eigenvalue weighted by molar-refractivity contribution is -0.125. The molecule has 1 saturated heterocycles. The van der Waals surface area contributed by atoms with E-state index in [-0.39, 0.29) is 23.8 Å². The minimum Gasteiger partial charge on any atom is -0.349 e. The number of benzene rings is 1. The number of amides is 1. The average Bonchev–Trinajstić information content (AvgIpc) is 3.22. The van der Waals surface area contributed by atoms with Crippen molar-refractivity contribution in [2.24, 2.45) is 13.0 Å². The van der Waals surface area contributed by atoms with Crippen molar-refractivity contribution in [1.29, 1.82) is 0 Å². The molecule has 1 aromatic heterocycles. The van der Waals surface area contributed by atoms with Crippen molar-refractivity contribution in [2.45, 2.75) is 25.3 Å². The van der Waals surface area contributed by atoms with Crippen molar-refractivity contribution >= 4 is 17.5 Å². The van der Waals surface area contributed by atoms with E-state index in [0.29, 0.717) is 11.6 Å². The van der Waals surface area contributed by atoms with Gasteiger partial charge in [0.2, 0.25) is 5.91 Å². The summed E-state index contributed by atoms with van der Waals surface area (Å²) in [5.74, 6) is 0.188. The molecule has 2 heterocycles. The quantitative estimate of drug-likeness (QED) is 0.875. The fourth-order valence-corrected chi connectivity index (χ4v) is 3.46. The second kappa shape index (κ2) is 7.36. The molecule has 0 spiro atoms. The van der Waals surface area contributed by atoms with E-state index in [9.17, 15) is 4.79 Å². The molecule has 6 heteroatoms. The van der Waals surface area contributed by atoms with Crippen molar-refractivity contribution in [3.05, 3.63) is 52.8 Å². The molecule has 3 rings (SSSR count). The van der Waals surface area contributed by atoms with Gasteiger partial charge >= 0.3 is 0 Å². The topological polar surface area (TPSA) is 59.0 Å². The molecule has 1 amide bonds. The van der Waals surface area contributed by atoms with E-state index >= 15 is 0 Å². The standard InChI is InChI=1S/C18H23ClN4O/c1-3-17(12-4-6-14(19)7-5-12)22-18(24)16-10-20-9-15(16)13-8-21-23(2)11-13/h4-8,11,15-17,20H,3,9-10H2,1-2H3,(H,22,24)/t15-,16+,17?/m1/s1. The van der Waals surface area contributed by atoms with Crippen LogP contribution in [-0.4, -0.2) is 28.8 Å². The first kappa shape index (κ1) is 17.0. The van der Waals surface area contributed by atoms with E-state index in [4.69, 9.17) is 11.6 Å². The molecule has 2 N–H and O–H groups in total. The van der Waals surface area contributed by atoms with Gasteiger partial charge in [0.1, 0.15) is 0 Å². The Hall–Kier alpha value is -1.85. The zero-order chi connectivity index (χ0) is 17.1. The van der Waals surface area contributed by atoms with Crippen molar-refractivity contribution in [3.63, 3.8) is 0 Å². The van der Waals surface area contributed by atoms with Gasteiger partial charge in [0, 0.05) is 37.3 Å². The number of aryl methyl sites for hydroxylation is 1. The number of rotatable bonds is 5. The summed E-state index contributed by atoms with van der Waals surface area (Å²) in [4.78, 5) is 12.8. The van der Waals surface area contributed by atoms with Crippen molar-refractivity contribution in [2.75, 3.05) is 13.1 Å². The van der Waals surface area contributed by atoms with Crippen molar-refractivity contribution in [1.82, 2.24) is 20.4 Å². The number of nitrogens with zero attached hydrogens (tertiary/aromatic N) is 2. The number of hydrogen-bond donors (Lipinski definition) is 2. The highest BCUT2D eigenvalue weighted by atomic mass is 35.5. The summed E-state index contributed by atoms with van der Waals surface area (Å²) in [6.45, 7) is 3.58. The highest BCUT2D eigenvalue weighted by Gasteiger charge is 2.35. The van der Waals surface area contributed by atoms with Gasteiger partial charge in [-0.15, -0.1) is 0 Å². The minimum absolute atomic E-state index is 0.00455. The van der Waals surface area contributed by atoms with Gasteiger partial charge in [0.25, 0.3) is 0 Å². The molecule has 0 aliphatic carbocycles. The molecule has 1 aliphatic rings. The molecule has 2 aromatic rings. The van der Waals surface area contributed by atoms with Crippen molar-refractivity contribution in [3.8, 4) is 0 Å². The molecular weight excluding hydrogens is 324 g/mol. The Labute approximate surface area is 147 Å². The van der Waals surface area contributed by atoms with Gasteiger partial charge in [-0.2, -0.15) is 5.10 Å². The van der Waals surface area contributed by atoms with E-state index < -0.39 is 0 Å². The third-order valence-electron chi connectivity index (χ3n) is 4.70. The number of hydrogen-bond acceptors (Lipinski definition) is 3. The molecule has 1 unspecified atom stereocenters. The van der Waals surface area contributed by atoms with Gasteiger partial charge in [0.05, 0.1) is 18.2 Å². The SMILES string of the molecule is CCC(NC(=O)[C@H]1CNC[C@@H]1c1cnn(C)c1)c1ccc(Cl)cc1. The summed E-state index contributed by atoms with van der Waals surface area (Å²) in [7, 11) is 1.90. The smallest absolute Gasteiger partial charge is 0.225 e. The predicted octanol–water partition coefficient (Wildman–Crippen LogP) is 2.64. The van der Waals surface area contributed by atoms with Crippen molar-refractivity contribution < 1.29 is 4.79 Å². The van der Waals surface area contributed by atoms with Gasteiger partial charge in [-0.05, 0) is 29.7 Å². The second-order valence-corrected chi connectivity index (χ2v) is 6.78. The molecule has 24 heavy (non-hydrogen) atoms. The summed E-state index contributed by atoms with van der Waals surface area (Å²) < 4.78 is 1.78. The predicted molar refractivity (Wildman–Crippen MR) is 94.9 cm³/mol.